The van der Waals surface area contributed by atoms with Crippen molar-refractivity contribution >= 4 is 0 Å². The van der Waals surface area contributed by atoms with Crippen LogP contribution in [-0.2, 0) is 0 Å². The van der Waals surface area contributed by atoms with Gasteiger partial charge in [-0.3, -0.25) is 0 Å². The highest BCUT2D eigenvalue weighted by molar-refractivity contribution is 5.41. The Kier molecular flexibility index (Phi) is 5.24. The molecule has 0 amide bonds. The van der Waals surface area contributed by atoms with Gasteiger partial charge in [0.25, 0.3) is 0 Å². The normalized spacial score (nSPS) is 16.6. The zero-order valence-electron chi connectivity index (χ0n) is 11.2. The van der Waals surface area contributed by atoms with E-state index >= 15 is 0 Å². The summed E-state index contributed by atoms with van der Waals surface area (Å²) >= 11 is 0. The lowest BCUT2D eigenvalue weighted by atomic mass is 9.91. The van der Waals surface area contributed by atoms with E-state index in [9.17, 15) is 23.4 Å². The van der Waals surface area contributed by atoms with Crippen LogP contribution in [-0.4, -0.2) is 22.7 Å². The standard InChI is InChI=1S/C13H18F3NO3/c1-3-7(2)12(19)11(17)9-6-8(4-5-10(9)18)20-13(14,15)16/h4-7,11-12,18-19H,3,17H2,1-2H3/t7?,11-,12+/m1/s1. The van der Waals surface area contributed by atoms with Gasteiger partial charge in [0, 0.05) is 5.56 Å². The van der Waals surface area contributed by atoms with E-state index in [1.807, 2.05) is 6.92 Å². The van der Waals surface area contributed by atoms with Crippen LogP contribution >= 0.6 is 0 Å². The van der Waals surface area contributed by atoms with E-state index in [2.05, 4.69) is 4.74 Å². The molecule has 1 rings (SSSR count). The van der Waals surface area contributed by atoms with Crippen LogP contribution in [0.15, 0.2) is 18.2 Å². The van der Waals surface area contributed by atoms with E-state index < -0.39 is 24.3 Å². The molecule has 0 radical (unpaired) electrons. The van der Waals surface area contributed by atoms with Crippen LogP contribution in [0.3, 0.4) is 0 Å². The molecule has 3 atom stereocenters. The third kappa shape index (κ3) is 4.28. The topological polar surface area (TPSA) is 75.7 Å². The Labute approximate surface area is 115 Å². The highest BCUT2D eigenvalue weighted by Gasteiger charge is 2.32. The summed E-state index contributed by atoms with van der Waals surface area (Å²) in [4.78, 5) is 0. The van der Waals surface area contributed by atoms with Crippen molar-refractivity contribution in [3.8, 4) is 11.5 Å². The Balaban J connectivity index is 3.02. The Bertz CT molecular complexity index is 451. The maximum atomic E-state index is 12.2. The summed E-state index contributed by atoms with van der Waals surface area (Å²) in [7, 11) is 0. The van der Waals surface area contributed by atoms with Gasteiger partial charge in [0.1, 0.15) is 11.5 Å². The quantitative estimate of drug-likeness (QED) is 0.780. The minimum atomic E-state index is -4.83. The van der Waals surface area contributed by atoms with Crippen LogP contribution in [0, 0.1) is 5.92 Å². The van der Waals surface area contributed by atoms with E-state index in [0.717, 1.165) is 18.2 Å². The lowest BCUT2D eigenvalue weighted by Gasteiger charge is -2.25. The van der Waals surface area contributed by atoms with E-state index in [1.54, 1.807) is 6.92 Å². The molecule has 114 valence electrons. The van der Waals surface area contributed by atoms with E-state index in [0.29, 0.717) is 6.42 Å². The molecule has 4 nitrogen and oxygen atoms in total. The first-order chi connectivity index (χ1) is 9.15. The van der Waals surface area contributed by atoms with Gasteiger partial charge in [0.15, 0.2) is 0 Å². The fourth-order valence-electron chi connectivity index (χ4n) is 1.78. The van der Waals surface area contributed by atoms with E-state index in [1.165, 1.54) is 0 Å². The molecule has 0 aromatic heterocycles. The van der Waals surface area contributed by atoms with Gasteiger partial charge in [0.05, 0.1) is 12.1 Å². The maximum absolute atomic E-state index is 12.2. The predicted molar refractivity (Wildman–Crippen MR) is 67.2 cm³/mol. The lowest BCUT2D eigenvalue weighted by Crippen LogP contribution is -2.31. The van der Waals surface area contributed by atoms with Crippen LogP contribution in [0.5, 0.6) is 11.5 Å². The van der Waals surface area contributed by atoms with Crippen molar-refractivity contribution < 1.29 is 28.1 Å². The number of halogens is 3. The molecule has 0 fully saturated rings. The van der Waals surface area contributed by atoms with Crippen molar-refractivity contribution in [3.63, 3.8) is 0 Å². The summed E-state index contributed by atoms with van der Waals surface area (Å²) in [5, 5.41) is 19.7. The zero-order valence-corrected chi connectivity index (χ0v) is 11.2. The van der Waals surface area contributed by atoms with Crippen molar-refractivity contribution in [2.45, 2.75) is 38.8 Å². The second-order valence-corrected chi connectivity index (χ2v) is 4.67. The molecule has 0 spiro atoms. The van der Waals surface area contributed by atoms with Gasteiger partial charge in [-0.15, -0.1) is 13.2 Å². The average Bonchev–Trinajstić information content (AvgIpc) is 2.36. The molecule has 4 N–H and O–H groups in total. The number of aliphatic hydroxyl groups is 1. The summed E-state index contributed by atoms with van der Waals surface area (Å²) in [5.41, 5.74) is 5.82. The minimum Gasteiger partial charge on any atom is -0.508 e. The first-order valence-corrected chi connectivity index (χ1v) is 6.18. The Hall–Kier alpha value is -1.47. The average molecular weight is 293 g/mol. The predicted octanol–water partition coefficient (Wildman–Crippen LogP) is 2.70. The highest BCUT2D eigenvalue weighted by Crippen LogP contribution is 2.33. The van der Waals surface area contributed by atoms with E-state index in [-0.39, 0.29) is 17.2 Å². The van der Waals surface area contributed by atoms with Crippen LogP contribution in [0.1, 0.15) is 31.9 Å². The summed E-state index contributed by atoms with van der Waals surface area (Å²) in [6.45, 7) is 3.61. The number of hydrogen-bond acceptors (Lipinski definition) is 4. The molecule has 0 aliphatic heterocycles. The lowest BCUT2D eigenvalue weighted by molar-refractivity contribution is -0.274. The summed E-state index contributed by atoms with van der Waals surface area (Å²) in [5.74, 6) is -0.928. The SMILES string of the molecule is CCC(C)[C@H](O)[C@H](N)c1cc(OC(F)(F)F)ccc1O. The van der Waals surface area contributed by atoms with Crippen LogP contribution < -0.4 is 10.5 Å². The van der Waals surface area contributed by atoms with Gasteiger partial charge in [-0.2, -0.15) is 0 Å². The van der Waals surface area contributed by atoms with Crippen molar-refractivity contribution in [1.82, 2.24) is 0 Å². The maximum Gasteiger partial charge on any atom is 0.573 e. The first-order valence-electron chi connectivity index (χ1n) is 6.18. The number of ether oxygens (including phenoxy) is 1. The summed E-state index contributed by atoms with van der Waals surface area (Å²) in [6, 6.07) is 2.02. The molecule has 0 saturated carbocycles. The number of alkyl halides is 3. The molecule has 7 heteroatoms. The monoisotopic (exact) mass is 293 g/mol. The number of aromatic hydroxyl groups is 1. The number of nitrogens with two attached hydrogens (primary N) is 1. The third-order valence-corrected chi connectivity index (χ3v) is 3.19. The van der Waals surface area contributed by atoms with Crippen molar-refractivity contribution in [3.05, 3.63) is 23.8 Å². The highest BCUT2D eigenvalue weighted by atomic mass is 19.4. The Morgan fingerprint density at radius 3 is 2.45 bits per heavy atom. The fourth-order valence-corrected chi connectivity index (χ4v) is 1.78. The molecule has 1 unspecified atom stereocenters. The van der Waals surface area contributed by atoms with Crippen molar-refractivity contribution in [2.75, 3.05) is 0 Å². The second-order valence-electron chi connectivity index (χ2n) is 4.67. The van der Waals surface area contributed by atoms with Gasteiger partial charge in [-0.25, -0.2) is 0 Å². The minimum absolute atomic E-state index is 0.0135. The largest absolute Gasteiger partial charge is 0.573 e. The number of phenolic OH excluding ortho intramolecular Hbond substituents is 1. The number of hydrogen-bond donors (Lipinski definition) is 3. The van der Waals surface area contributed by atoms with Crippen LogP contribution in [0.2, 0.25) is 0 Å². The molecular weight excluding hydrogens is 275 g/mol. The second kappa shape index (κ2) is 6.32. The van der Waals surface area contributed by atoms with E-state index in [4.69, 9.17) is 5.73 Å². The zero-order chi connectivity index (χ0) is 15.5. The fraction of sp³-hybridized carbons (Fsp3) is 0.538. The van der Waals surface area contributed by atoms with Gasteiger partial charge in [0.2, 0.25) is 0 Å². The number of rotatable bonds is 5. The Morgan fingerprint density at radius 2 is 1.95 bits per heavy atom. The molecule has 0 aliphatic rings. The first kappa shape index (κ1) is 16.6. The summed E-state index contributed by atoms with van der Waals surface area (Å²) in [6.07, 6.45) is -5.16. The van der Waals surface area contributed by atoms with Crippen molar-refractivity contribution in [2.24, 2.45) is 11.7 Å². The molecule has 0 heterocycles. The molecule has 0 aliphatic carbocycles. The van der Waals surface area contributed by atoms with Gasteiger partial charge in [-0.1, -0.05) is 20.3 Å². The van der Waals surface area contributed by atoms with Crippen LogP contribution in [0.4, 0.5) is 13.2 Å². The molecule has 1 aromatic carbocycles. The molecule has 20 heavy (non-hydrogen) atoms. The molecule has 0 bridgehead atoms. The van der Waals surface area contributed by atoms with Gasteiger partial charge < -0.3 is 20.7 Å². The molecular formula is C13H18F3NO3. The molecule has 1 aromatic rings. The number of aliphatic hydroxyl groups excluding tert-OH is 1. The summed E-state index contributed by atoms with van der Waals surface area (Å²) < 4.78 is 40.2. The van der Waals surface area contributed by atoms with Crippen LogP contribution in [0.25, 0.3) is 0 Å². The Morgan fingerprint density at radius 1 is 1.35 bits per heavy atom. The van der Waals surface area contributed by atoms with Gasteiger partial charge >= 0.3 is 6.36 Å². The number of phenols is 1. The molecule has 0 saturated heterocycles. The smallest absolute Gasteiger partial charge is 0.508 e. The van der Waals surface area contributed by atoms with Crippen molar-refractivity contribution in [1.29, 1.82) is 0 Å². The van der Waals surface area contributed by atoms with Gasteiger partial charge in [-0.05, 0) is 24.1 Å². The number of benzene rings is 1. The third-order valence-electron chi connectivity index (χ3n) is 3.19.